The summed E-state index contributed by atoms with van der Waals surface area (Å²) in [7, 11) is 0. The first-order valence-corrected chi connectivity index (χ1v) is 5.49. The van der Waals surface area contributed by atoms with Crippen molar-refractivity contribution in [1.82, 2.24) is 0 Å². The second kappa shape index (κ2) is 3.39. The van der Waals surface area contributed by atoms with Crippen LogP contribution < -0.4 is 17.2 Å². The third-order valence-electron chi connectivity index (χ3n) is 0.820. The molecule has 0 saturated carbocycles. The largest absolute Gasteiger partial charge is 0.305 e. The smallest absolute Gasteiger partial charge is 0.155 e. The summed E-state index contributed by atoms with van der Waals surface area (Å²) >= 11 is 5.39. The number of hydrogen-bond donors (Lipinski definition) is 3. The standard InChI is InChI=1S/C3H9I2N3S/c1-9-3(5,8)2(4,6)7/h6-8H2,1H3. The van der Waals surface area contributed by atoms with Gasteiger partial charge >= 0.3 is 0 Å². The fraction of sp³-hybridized carbons (Fsp3) is 1.00. The zero-order valence-electron chi connectivity index (χ0n) is 4.90. The first-order valence-electron chi connectivity index (χ1n) is 2.11. The Balaban J connectivity index is 4.14. The fourth-order valence-electron chi connectivity index (χ4n) is 0.156. The molecule has 56 valence electrons. The van der Waals surface area contributed by atoms with Gasteiger partial charge in [-0.25, -0.2) is 0 Å². The average Bonchev–Trinajstić information content (AvgIpc) is 1.64. The molecule has 0 aromatic heterocycles. The molecule has 0 aromatic rings. The molecule has 3 nitrogen and oxygen atoms in total. The Hall–Kier alpha value is 1.69. The summed E-state index contributed by atoms with van der Waals surface area (Å²) in [5, 5.41) is 0. The highest BCUT2D eigenvalue weighted by atomic mass is 127. The summed E-state index contributed by atoms with van der Waals surface area (Å²) in [4.78, 5) is 0. The molecule has 6 N–H and O–H groups in total. The molecular weight excluding hydrogens is 364 g/mol. The van der Waals surface area contributed by atoms with Crippen LogP contribution in [-0.2, 0) is 0 Å². The molecule has 0 spiro atoms. The van der Waals surface area contributed by atoms with E-state index in [1.807, 2.05) is 51.4 Å². The summed E-state index contributed by atoms with van der Waals surface area (Å²) in [6.07, 6.45) is 1.87. The van der Waals surface area contributed by atoms with Crippen LogP contribution in [0.25, 0.3) is 0 Å². The number of alkyl halides is 2. The second-order valence-electron chi connectivity index (χ2n) is 1.62. The fourth-order valence-corrected chi connectivity index (χ4v) is 1.13. The van der Waals surface area contributed by atoms with E-state index in [0.717, 1.165) is 0 Å². The van der Waals surface area contributed by atoms with Crippen molar-refractivity contribution in [2.45, 2.75) is 6.55 Å². The molecule has 0 aliphatic heterocycles. The zero-order chi connectivity index (χ0) is 7.71. The molecule has 9 heavy (non-hydrogen) atoms. The van der Waals surface area contributed by atoms with Crippen molar-refractivity contribution in [3.8, 4) is 0 Å². The Morgan fingerprint density at radius 1 is 1.22 bits per heavy atom. The van der Waals surface area contributed by atoms with Crippen LogP contribution in [-0.4, -0.2) is 12.8 Å². The molecule has 1 atom stereocenters. The van der Waals surface area contributed by atoms with Gasteiger partial charge in [-0.15, -0.1) is 11.8 Å². The van der Waals surface area contributed by atoms with Crippen molar-refractivity contribution < 1.29 is 0 Å². The van der Waals surface area contributed by atoms with Gasteiger partial charge in [0.05, 0.1) is 0 Å². The maximum atomic E-state index is 5.69. The lowest BCUT2D eigenvalue weighted by Gasteiger charge is -2.31. The Morgan fingerprint density at radius 2 is 1.56 bits per heavy atom. The van der Waals surface area contributed by atoms with E-state index in [2.05, 4.69) is 0 Å². The number of rotatable bonds is 2. The molecule has 0 aliphatic rings. The van der Waals surface area contributed by atoms with Gasteiger partial charge < -0.3 is 17.2 Å². The van der Waals surface area contributed by atoms with Crippen molar-refractivity contribution in [2.24, 2.45) is 17.2 Å². The Bertz CT molecular complexity index is 99.7. The zero-order valence-corrected chi connectivity index (χ0v) is 10.0. The monoisotopic (exact) mass is 373 g/mol. The highest BCUT2D eigenvalue weighted by Crippen LogP contribution is 2.34. The van der Waals surface area contributed by atoms with Gasteiger partial charge in [-0.3, -0.25) is 0 Å². The average molecular weight is 373 g/mol. The lowest BCUT2D eigenvalue weighted by Crippen LogP contribution is -2.61. The molecule has 0 amide bonds. The van der Waals surface area contributed by atoms with E-state index in [1.165, 1.54) is 11.8 Å². The quantitative estimate of drug-likeness (QED) is 0.284. The minimum absolute atomic E-state index is 0.592. The number of thioether (sulfide) groups is 1. The van der Waals surface area contributed by atoms with Gasteiger partial charge in [-0.05, 0) is 51.4 Å². The predicted molar refractivity (Wildman–Crippen MR) is 59.6 cm³/mol. The van der Waals surface area contributed by atoms with Gasteiger partial charge in [0, 0.05) is 0 Å². The topological polar surface area (TPSA) is 78.1 Å². The molecule has 0 rings (SSSR count). The highest BCUT2D eigenvalue weighted by Gasteiger charge is 2.38. The van der Waals surface area contributed by atoms with Crippen LogP contribution in [0.5, 0.6) is 0 Å². The molecule has 0 heterocycles. The first-order chi connectivity index (χ1) is 3.81. The van der Waals surface area contributed by atoms with Gasteiger partial charge in [0.2, 0.25) is 0 Å². The van der Waals surface area contributed by atoms with Gasteiger partial charge in [0.25, 0.3) is 0 Å². The van der Waals surface area contributed by atoms with E-state index in [9.17, 15) is 0 Å². The normalized spacial score (nSPS) is 19.3. The number of nitrogens with two attached hydrogens (primary N) is 3. The third kappa shape index (κ3) is 3.06. The van der Waals surface area contributed by atoms with Gasteiger partial charge in [-0.1, -0.05) is 0 Å². The number of hydrogen-bond acceptors (Lipinski definition) is 4. The van der Waals surface area contributed by atoms with Gasteiger partial charge in [-0.2, -0.15) is 0 Å². The Kier molecular flexibility index (Phi) is 4.03. The van der Waals surface area contributed by atoms with E-state index >= 15 is 0 Å². The van der Waals surface area contributed by atoms with Crippen LogP contribution >= 0.6 is 56.9 Å². The van der Waals surface area contributed by atoms with E-state index in [1.54, 1.807) is 0 Å². The molecule has 1 unspecified atom stereocenters. The summed E-state index contributed by atoms with van der Waals surface area (Å²) in [5.74, 6) is 0. The van der Waals surface area contributed by atoms with E-state index < -0.39 is 6.55 Å². The third-order valence-corrected chi connectivity index (χ3v) is 6.21. The summed E-state index contributed by atoms with van der Waals surface area (Å²) in [6.45, 7) is 0. The Morgan fingerprint density at radius 3 is 1.56 bits per heavy atom. The molecule has 0 bridgehead atoms. The maximum absolute atomic E-state index is 5.69. The highest BCUT2D eigenvalue weighted by molar-refractivity contribution is 14.1. The lowest BCUT2D eigenvalue weighted by molar-refractivity contribution is 0.634. The van der Waals surface area contributed by atoms with Crippen molar-refractivity contribution in [1.29, 1.82) is 0 Å². The molecule has 0 saturated heterocycles. The van der Waals surface area contributed by atoms with Crippen LogP contribution in [0.1, 0.15) is 0 Å². The van der Waals surface area contributed by atoms with Crippen LogP contribution in [0.4, 0.5) is 0 Å². The van der Waals surface area contributed by atoms with Gasteiger partial charge in [0.1, 0.15) is 0 Å². The summed E-state index contributed by atoms with van der Waals surface area (Å²) in [6, 6.07) is 0. The molecule has 0 aliphatic carbocycles. The van der Waals surface area contributed by atoms with Crippen molar-refractivity contribution in [3.63, 3.8) is 0 Å². The van der Waals surface area contributed by atoms with Crippen molar-refractivity contribution in [3.05, 3.63) is 0 Å². The molecule has 6 heteroatoms. The van der Waals surface area contributed by atoms with Crippen LogP contribution in [0.15, 0.2) is 0 Å². The molecule has 0 fully saturated rings. The van der Waals surface area contributed by atoms with Crippen molar-refractivity contribution in [2.75, 3.05) is 6.26 Å². The predicted octanol–water partition coefficient (Wildman–Crippen LogP) is 0.403. The van der Waals surface area contributed by atoms with E-state index in [0.29, 0.717) is 0 Å². The molecular formula is C3H9I2N3S. The Labute approximate surface area is 86.1 Å². The SMILES string of the molecule is CSC(N)(I)C(N)(N)I. The first kappa shape index (κ1) is 10.7. The van der Waals surface area contributed by atoms with Gasteiger partial charge in [0.15, 0.2) is 6.55 Å². The summed E-state index contributed by atoms with van der Waals surface area (Å²) in [5.41, 5.74) is 16.8. The van der Waals surface area contributed by atoms with Crippen LogP contribution in [0, 0.1) is 0 Å². The molecule has 0 aromatic carbocycles. The van der Waals surface area contributed by atoms with E-state index in [-0.39, 0.29) is 0 Å². The second-order valence-corrected chi connectivity index (χ2v) is 6.89. The van der Waals surface area contributed by atoms with Crippen LogP contribution in [0.3, 0.4) is 0 Å². The van der Waals surface area contributed by atoms with E-state index in [4.69, 9.17) is 17.2 Å². The minimum Gasteiger partial charge on any atom is -0.305 e. The summed E-state index contributed by atoms with van der Waals surface area (Å²) < 4.78 is -1.45. The van der Waals surface area contributed by atoms with Crippen LogP contribution in [0.2, 0.25) is 0 Å². The minimum atomic E-state index is -0.856. The maximum Gasteiger partial charge on any atom is 0.155 e. The number of halogens is 2. The lowest BCUT2D eigenvalue weighted by atomic mass is 10.5. The molecule has 0 radical (unpaired) electrons. The van der Waals surface area contributed by atoms with Crippen molar-refractivity contribution >= 4 is 56.9 Å².